The summed E-state index contributed by atoms with van der Waals surface area (Å²) in [6.07, 6.45) is 2.29. The Morgan fingerprint density at radius 3 is 2.43 bits per heavy atom. The molecule has 0 saturated heterocycles. The molecule has 1 amide bonds. The van der Waals surface area contributed by atoms with Crippen molar-refractivity contribution < 1.29 is 13.6 Å². The number of thioether (sulfide) groups is 1. The first kappa shape index (κ1) is 17.2. The van der Waals surface area contributed by atoms with Crippen LogP contribution in [-0.4, -0.2) is 18.2 Å². The molecule has 120 valence electrons. The van der Waals surface area contributed by atoms with Crippen molar-refractivity contribution in [2.45, 2.75) is 5.75 Å². The molecule has 0 aliphatic carbocycles. The molecule has 0 aromatic heterocycles. The van der Waals surface area contributed by atoms with Crippen molar-refractivity contribution in [3.8, 4) is 0 Å². The van der Waals surface area contributed by atoms with Gasteiger partial charge in [0.15, 0.2) is 0 Å². The van der Waals surface area contributed by atoms with Crippen LogP contribution in [0.5, 0.6) is 0 Å². The van der Waals surface area contributed by atoms with Crippen LogP contribution in [0.4, 0.5) is 8.78 Å². The van der Waals surface area contributed by atoms with E-state index < -0.39 is 11.6 Å². The molecule has 0 spiro atoms. The Kier molecular flexibility index (Phi) is 6.81. The Labute approximate surface area is 138 Å². The van der Waals surface area contributed by atoms with Gasteiger partial charge >= 0.3 is 0 Å². The van der Waals surface area contributed by atoms with Crippen molar-refractivity contribution in [3.63, 3.8) is 0 Å². The Morgan fingerprint density at radius 2 is 1.74 bits per heavy atom. The minimum Gasteiger partial charge on any atom is -0.352 e. The first-order valence-corrected chi connectivity index (χ1v) is 8.34. The predicted octanol–water partition coefficient (Wildman–Crippen LogP) is 4.03. The minimum absolute atomic E-state index is 0.207. The number of nitrogens with one attached hydrogen (secondary N) is 1. The molecule has 0 saturated carbocycles. The second-order valence-corrected chi connectivity index (χ2v) is 5.90. The summed E-state index contributed by atoms with van der Waals surface area (Å²) in [5.41, 5.74) is 1.03. The Bertz CT molecular complexity index is 654. The molecule has 2 aromatic rings. The molecular weight excluding hydrogens is 316 g/mol. The lowest BCUT2D eigenvalue weighted by Gasteiger charge is -2.03. The van der Waals surface area contributed by atoms with Gasteiger partial charge in [-0.25, -0.2) is 8.78 Å². The fraction of sp³-hybridized carbons (Fsp3) is 0.167. The summed E-state index contributed by atoms with van der Waals surface area (Å²) in [4.78, 5) is 11.6. The van der Waals surface area contributed by atoms with E-state index in [1.165, 1.54) is 11.6 Å². The number of amides is 1. The van der Waals surface area contributed by atoms with E-state index in [0.29, 0.717) is 6.54 Å². The largest absolute Gasteiger partial charge is 0.352 e. The van der Waals surface area contributed by atoms with Gasteiger partial charge in [-0.05, 0) is 23.8 Å². The summed E-state index contributed by atoms with van der Waals surface area (Å²) in [5.74, 6) is -0.0944. The van der Waals surface area contributed by atoms with Gasteiger partial charge in [0.25, 0.3) is 0 Å². The normalized spacial score (nSPS) is 10.9. The highest BCUT2D eigenvalue weighted by molar-refractivity contribution is 7.98. The van der Waals surface area contributed by atoms with E-state index in [0.717, 1.165) is 35.8 Å². The van der Waals surface area contributed by atoms with Crippen LogP contribution in [0.25, 0.3) is 6.08 Å². The number of halogens is 2. The van der Waals surface area contributed by atoms with Crippen LogP contribution in [0.15, 0.2) is 54.6 Å². The summed E-state index contributed by atoms with van der Waals surface area (Å²) in [6, 6.07) is 13.6. The molecule has 2 aromatic carbocycles. The third-order valence-electron chi connectivity index (χ3n) is 3.06. The molecule has 2 nitrogen and oxygen atoms in total. The standard InChI is InChI=1S/C18H17F2NOS/c19-16-7-4-8-17(20)15(16)9-10-18(22)21-11-12-23-13-14-5-2-1-3-6-14/h1-10H,11-13H2,(H,21,22)/b10-9+. The van der Waals surface area contributed by atoms with Crippen molar-refractivity contribution in [2.24, 2.45) is 0 Å². The molecule has 23 heavy (non-hydrogen) atoms. The van der Waals surface area contributed by atoms with E-state index >= 15 is 0 Å². The molecule has 0 heterocycles. The lowest BCUT2D eigenvalue weighted by molar-refractivity contribution is -0.116. The highest BCUT2D eigenvalue weighted by atomic mass is 32.2. The maximum absolute atomic E-state index is 13.4. The molecule has 0 radical (unpaired) electrons. The molecule has 0 atom stereocenters. The molecule has 0 aliphatic rings. The zero-order valence-electron chi connectivity index (χ0n) is 12.5. The quantitative estimate of drug-likeness (QED) is 0.612. The average molecular weight is 333 g/mol. The second-order valence-electron chi connectivity index (χ2n) is 4.80. The lowest BCUT2D eigenvalue weighted by atomic mass is 10.2. The second kappa shape index (κ2) is 9.10. The summed E-state index contributed by atoms with van der Waals surface area (Å²) in [6.45, 7) is 0.500. The van der Waals surface area contributed by atoms with Crippen LogP contribution in [0, 0.1) is 11.6 Å². The van der Waals surface area contributed by atoms with Crippen molar-refractivity contribution in [3.05, 3.63) is 77.4 Å². The van der Waals surface area contributed by atoms with Gasteiger partial charge in [-0.15, -0.1) is 0 Å². The van der Waals surface area contributed by atoms with Gasteiger partial charge in [0.1, 0.15) is 11.6 Å². The smallest absolute Gasteiger partial charge is 0.244 e. The van der Waals surface area contributed by atoms with Gasteiger partial charge in [0, 0.05) is 29.7 Å². The third-order valence-corrected chi connectivity index (χ3v) is 4.09. The zero-order chi connectivity index (χ0) is 16.5. The van der Waals surface area contributed by atoms with Crippen LogP contribution < -0.4 is 5.32 Å². The predicted molar refractivity (Wildman–Crippen MR) is 91.0 cm³/mol. The lowest BCUT2D eigenvalue weighted by Crippen LogP contribution is -2.23. The van der Waals surface area contributed by atoms with Crippen LogP contribution in [0.1, 0.15) is 11.1 Å². The van der Waals surface area contributed by atoms with E-state index in [2.05, 4.69) is 17.4 Å². The molecule has 0 bridgehead atoms. The van der Waals surface area contributed by atoms with Crippen LogP contribution in [0.2, 0.25) is 0 Å². The van der Waals surface area contributed by atoms with Gasteiger partial charge in [-0.3, -0.25) is 4.79 Å². The van der Waals surface area contributed by atoms with Gasteiger partial charge in [-0.1, -0.05) is 36.4 Å². The van der Waals surface area contributed by atoms with Crippen molar-refractivity contribution in [2.75, 3.05) is 12.3 Å². The van der Waals surface area contributed by atoms with Crippen molar-refractivity contribution in [1.82, 2.24) is 5.32 Å². The minimum atomic E-state index is -0.688. The molecule has 0 unspecified atom stereocenters. The van der Waals surface area contributed by atoms with E-state index in [-0.39, 0.29) is 11.5 Å². The van der Waals surface area contributed by atoms with E-state index in [4.69, 9.17) is 0 Å². The summed E-state index contributed by atoms with van der Waals surface area (Å²) in [7, 11) is 0. The maximum Gasteiger partial charge on any atom is 0.244 e. The van der Waals surface area contributed by atoms with Crippen LogP contribution in [0.3, 0.4) is 0 Å². The topological polar surface area (TPSA) is 29.1 Å². The number of rotatable bonds is 7. The van der Waals surface area contributed by atoms with Crippen LogP contribution >= 0.6 is 11.8 Å². The molecule has 0 aliphatic heterocycles. The Balaban J connectivity index is 1.70. The maximum atomic E-state index is 13.4. The molecule has 0 fully saturated rings. The molecular formula is C18H17F2NOS. The molecule has 2 rings (SSSR count). The van der Waals surface area contributed by atoms with Gasteiger partial charge < -0.3 is 5.32 Å². The van der Waals surface area contributed by atoms with Crippen LogP contribution in [-0.2, 0) is 10.5 Å². The summed E-state index contributed by atoms with van der Waals surface area (Å²) < 4.78 is 26.8. The van der Waals surface area contributed by atoms with Gasteiger partial charge in [0.05, 0.1) is 0 Å². The Hall–Kier alpha value is -2.14. The number of benzene rings is 2. The fourth-order valence-electron chi connectivity index (χ4n) is 1.90. The van der Waals surface area contributed by atoms with E-state index in [1.54, 1.807) is 11.8 Å². The van der Waals surface area contributed by atoms with Gasteiger partial charge in [0.2, 0.25) is 5.91 Å². The van der Waals surface area contributed by atoms with Crippen molar-refractivity contribution in [1.29, 1.82) is 0 Å². The van der Waals surface area contributed by atoms with Crippen molar-refractivity contribution >= 4 is 23.7 Å². The van der Waals surface area contributed by atoms with Gasteiger partial charge in [-0.2, -0.15) is 11.8 Å². The number of carbonyl (C=O) groups excluding carboxylic acids is 1. The molecule has 1 N–H and O–H groups in total. The SMILES string of the molecule is O=C(/C=C/c1c(F)cccc1F)NCCSCc1ccccc1. The van der Waals surface area contributed by atoms with E-state index in [9.17, 15) is 13.6 Å². The van der Waals surface area contributed by atoms with E-state index in [1.807, 2.05) is 18.2 Å². The highest BCUT2D eigenvalue weighted by Gasteiger charge is 2.05. The molecule has 5 heteroatoms. The third kappa shape index (κ3) is 5.87. The number of carbonyl (C=O) groups is 1. The number of hydrogen-bond acceptors (Lipinski definition) is 2. The first-order chi connectivity index (χ1) is 11.2. The summed E-state index contributed by atoms with van der Waals surface area (Å²) in [5, 5.41) is 2.69. The Morgan fingerprint density at radius 1 is 1.04 bits per heavy atom. The first-order valence-electron chi connectivity index (χ1n) is 7.18. The highest BCUT2D eigenvalue weighted by Crippen LogP contribution is 2.13. The average Bonchev–Trinajstić information content (AvgIpc) is 2.55. The number of hydrogen-bond donors (Lipinski definition) is 1. The fourth-order valence-corrected chi connectivity index (χ4v) is 2.72. The monoisotopic (exact) mass is 333 g/mol. The summed E-state index contributed by atoms with van der Waals surface area (Å²) >= 11 is 1.71. The zero-order valence-corrected chi connectivity index (χ0v) is 13.3.